The van der Waals surface area contributed by atoms with E-state index in [1.54, 1.807) is 18.2 Å². The molecule has 116 valence electrons. The van der Waals surface area contributed by atoms with Gasteiger partial charge in [-0.3, -0.25) is 4.79 Å². The highest BCUT2D eigenvalue weighted by Gasteiger charge is 2.12. The molecule has 2 aromatic carbocycles. The molecule has 3 rings (SSSR count). The van der Waals surface area contributed by atoms with E-state index >= 15 is 0 Å². The van der Waals surface area contributed by atoms with Crippen LogP contribution in [0.15, 0.2) is 46.9 Å². The Kier molecular flexibility index (Phi) is 4.27. The summed E-state index contributed by atoms with van der Waals surface area (Å²) in [7, 11) is 0. The standard InChI is InChI=1S/C16H12ClN3O2S/c1-9(21)18-16(23)19-10-6-7-12(17)11(8-10)15-20-13-4-2-3-5-14(13)22-15/h2-8H,1H3,(H2,18,19,21,23). The van der Waals surface area contributed by atoms with E-state index in [1.165, 1.54) is 6.92 Å². The number of halogens is 1. The average Bonchev–Trinajstić information content (AvgIpc) is 2.92. The van der Waals surface area contributed by atoms with Gasteiger partial charge in [-0.05, 0) is 42.5 Å². The fourth-order valence-electron chi connectivity index (χ4n) is 2.08. The minimum Gasteiger partial charge on any atom is -0.436 e. The van der Waals surface area contributed by atoms with Crippen LogP contribution in [0, 0.1) is 0 Å². The number of fused-ring (bicyclic) bond motifs is 1. The second-order valence-corrected chi connectivity index (χ2v) is 5.63. The predicted octanol–water partition coefficient (Wildman–Crippen LogP) is 3.98. The smallest absolute Gasteiger partial charge is 0.228 e. The highest BCUT2D eigenvalue weighted by molar-refractivity contribution is 7.80. The molecule has 7 heteroatoms. The molecule has 0 unspecified atom stereocenters. The van der Waals surface area contributed by atoms with Crippen molar-refractivity contribution in [1.82, 2.24) is 10.3 Å². The fourth-order valence-corrected chi connectivity index (χ4v) is 2.54. The quantitative estimate of drug-likeness (QED) is 0.688. The van der Waals surface area contributed by atoms with Crippen molar-refractivity contribution in [3.8, 4) is 11.5 Å². The summed E-state index contributed by atoms with van der Waals surface area (Å²) in [5.74, 6) is 0.181. The van der Waals surface area contributed by atoms with Gasteiger partial charge in [-0.15, -0.1) is 0 Å². The largest absolute Gasteiger partial charge is 0.436 e. The molecule has 5 nitrogen and oxygen atoms in total. The number of benzene rings is 2. The maximum atomic E-state index is 11.0. The molecule has 0 saturated heterocycles. The molecule has 0 aliphatic carbocycles. The van der Waals surface area contributed by atoms with Crippen LogP contribution >= 0.6 is 23.8 Å². The molecular weight excluding hydrogens is 334 g/mol. The van der Waals surface area contributed by atoms with E-state index in [0.717, 1.165) is 5.52 Å². The molecule has 0 aliphatic rings. The van der Waals surface area contributed by atoms with Crippen molar-refractivity contribution in [2.24, 2.45) is 0 Å². The number of hydrogen-bond acceptors (Lipinski definition) is 4. The molecule has 1 aromatic heterocycles. The number of carbonyl (C=O) groups excluding carboxylic acids is 1. The van der Waals surface area contributed by atoms with Gasteiger partial charge >= 0.3 is 0 Å². The van der Waals surface area contributed by atoms with Gasteiger partial charge in [0.05, 0.1) is 10.6 Å². The third-order valence-electron chi connectivity index (χ3n) is 3.04. The summed E-state index contributed by atoms with van der Waals surface area (Å²) in [5, 5.41) is 6.13. The number of hydrogen-bond donors (Lipinski definition) is 2. The van der Waals surface area contributed by atoms with Crippen LogP contribution in [0.25, 0.3) is 22.6 Å². The van der Waals surface area contributed by atoms with Gasteiger partial charge in [0.2, 0.25) is 11.8 Å². The van der Waals surface area contributed by atoms with Crippen LogP contribution in [0.5, 0.6) is 0 Å². The van der Waals surface area contributed by atoms with E-state index < -0.39 is 0 Å². The Balaban J connectivity index is 1.94. The van der Waals surface area contributed by atoms with Crippen LogP contribution in [0.4, 0.5) is 5.69 Å². The van der Waals surface area contributed by atoms with Crippen LogP contribution in [-0.2, 0) is 4.79 Å². The zero-order valence-electron chi connectivity index (χ0n) is 12.1. The first kappa shape index (κ1) is 15.5. The number of para-hydroxylation sites is 2. The topological polar surface area (TPSA) is 67.2 Å². The van der Waals surface area contributed by atoms with E-state index in [4.69, 9.17) is 28.2 Å². The van der Waals surface area contributed by atoms with Crippen molar-refractivity contribution in [1.29, 1.82) is 0 Å². The van der Waals surface area contributed by atoms with Crippen LogP contribution in [0.2, 0.25) is 5.02 Å². The Bertz CT molecular complexity index is 874. The summed E-state index contributed by atoms with van der Waals surface area (Å²) in [6.07, 6.45) is 0. The van der Waals surface area contributed by atoms with Gasteiger partial charge in [0.25, 0.3) is 0 Å². The molecule has 0 saturated carbocycles. The molecule has 0 fully saturated rings. The lowest BCUT2D eigenvalue weighted by Crippen LogP contribution is -2.32. The molecule has 1 heterocycles. The van der Waals surface area contributed by atoms with E-state index in [-0.39, 0.29) is 11.0 Å². The number of amides is 1. The first-order valence-corrected chi connectivity index (χ1v) is 7.55. The molecule has 0 aliphatic heterocycles. The molecule has 0 bridgehead atoms. The first-order valence-electron chi connectivity index (χ1n) is 6.77. The molecule has 0 atom stereocenters. The molecule has 0 radical (unpaired) electrons. The van der Waals surface area contributed by atoms with Crippen molar-refractivity contribution in [3.63, 3.8) is 0 Å². The highest BCUT2D eigenvalue weighted by Crippen LogP contribution is 2.32. The third-order valence-corrected chi connectivity index (χ3v) is 3.57. The number of oxazole rings is 1. The Labute approximate surface area is 142 Å². The highest BCUT2D eigenvalue weighted by atomic mass is 35.5. The Morgan fingerprint density at radius 3 is 2.78 bits per heavy atom. The van der Waals surface area contributed by atoms with Crippen LogP contribution < -0.4 is 10.6 Å². The minimum absolute atomic E-state index is 0.211. The van der Waals surface area contributed by atoms with Crippen molar-refractivity contribution >= 4 is 51.6 Å². The van der Waals surface area contributed by atoms with Crippen molar-refractivity contribution in [3.05, 3.63) is 47.5 Å². The number of thiocarbonyl (C=S) groups is 1. The zero-order chi connectivity index (χ0) is 16.4. The second kappa shape index (κ2) is 6.36. The Morgan fingerprint density at radius 1 is 1.26 bits per heavy atom. The normalized spacial score (nSPS) is 10.5. The SMILES string of the molecule is CC(=O)NC(=S)Nc1ccc(Cl)c(-c2nc3ccccc3o2)c1. The molecular formula is C16H12ClN3O2S. The summed E-state index contributed by atoms with van der Waals surface area (Å²) >= 11 is 11.3. The lowest BCUT2D eigenvalue weighted by molar-refractivity contribution is -0.117. The number of aromatic nitrogens is 1. The average molecular weight is 346 g/mol. The van der Waals surface area contributed by atoms with Gasteiger partial charge in [0.15, 0.2) is 10.7 Å². The molecule has 0 spiro atoms. The zero-order valence-corrected chi connectivity index (χ0v) is 13.7. The second-order valence-electron chi connectivity index (χ2n) is 4.82. The molecule has 2 N–H and O–H groups in total. The molecule has 23 heavy (non-hydrogen) atoms. The third kappa shape index (κ3) is 3.49. The van der Waals surface area contributed by atoms with Gasteiger partial charge in [0, 0.05) is 12.6 Å². The lowest BCUT2D eigenvalue weighted by atomic mass is 10.2. The summed E-state index contributed by atoms with van der Waals surface area (Å²) in [6, 6.07) is 12.7. The van der Waals surface area contributed by atoms with Crippen molar-refractivity contribution in [2.75, 3.05) is 5.32 Å². The van der Waals surface area contributed by atoms with E-state index in [0.29, 0.717) is 27.7 Å². The fraction of sp³-hybridized carbons (Fsp3) is 0.0625. The van der Waals surface area contributed by atoms with Crippen molar-refractivity contribution in [2.45, 2.75) is 6.92 Å². The monoisotopic (exact) mass is 345 g/mol. The molecule has 3 aromatic rings. The number of nitrogens with one attached hydrogen (secondary N) is 2. The van der Waals surface area contributed by atoms with Gasteiger partial charge in [-0.1, -0.05) is 23.7 Å². The van der Waals surface area contributed by atoms with Crippen LogP contribution in [-0.4, -0.2) is 16.0 Å². The summed E-state index contributed by atoms with van der Waals surface area (Å²) in [6.45, 7) is 1.39. The Hall–Kier alpha value is -2.44. The van der Waals surface area contributed by atoms with E-state index in [1.807, 2.05) is 24.3 Å². The summed E-state index contributed by atoms with van der Waals surface area (Å²) in [4.78, 5) is 15.4. The van der Waals surface area contributed by atoms with Gasteiger partial charge in [0.1, 0.15) is 5.52 Å². The van der Waals surface area contributed by atoms with Gasteiger partial charge in [-0.2, -0.15) is 0 Å². The maximum absolute atomic E-state index is 11.0. The number of nitrogens with zero attached hydrogens (tertiary/aromatic N) is 1. The van der Waals surface area contributed by atoms with Crippen molar-refractivity contribution < 1.29 is 9.21 Å². The van der Waals surface area contributed by atoms with Crippen LogP contribution in [0.1, 0.15) is 6.92 Å². The lowest BCUT2D eigenvalue weighted by Gasteiger charge is -2.09. The summed E-state index contributed by atoms with van der Waals surface area (Å²) < 4.78 is 5.73. The van der Waals surface area contributed by atoms with E-state index in [2.05, 4.69) is 15.6 Å². The maximum Gasteiger partial charge on any atom is 0.228 e. The minimum atomic E-state index is -0.240. The number of carbonyl (C=O) groups is 1. The predicted molar refractivity (Wildman–Crippen MR) is 94.5 cm³/mol. The van der Waals surface area contributed by atoms with E-state index in [9.17, 15) is 4.79 Å². The number of anilines is 1. The summed E-state index contributed by atoms with van der Waals surface area (Å²) in [5.41, 5.74) is 2.75. The molecule has 1 amide bonds. The Morgan fingerprint density at radius 2 is 2.04 bits per heavy atom. The number of rotatable bonds is 2. The first-order chi connectivity index (χ1) is 11.0. The van der Waals surface area contributed by atoms with Gasteiger partial charge in [-0.25, -0.2) is 4.98 Å². The van der Waals surface area contributed by atoms with Gasteiger partial charge < -0.3 is 15.1 Å². The van der Waals surface area contributed by atoms with Crippen LogP contribution in [0.3, 0.4) is 0 Å².